The van der Waals surface area contributed by atoms with E-state index in [1.165, 1.54) is 31.4 Å². The van der Waals surface area contributed by atoms with E-state index in [0.717, 1.165) is 24.2 Å². The van der Waals surface area contributed by atoms with Crippen molar-refractivity contribution in [1.82, 2.24) is 20.2 Å². The summed E-state index contributed by atoms with van der Waals surface area (Å²) in [6, 6.07) is 18.1. The number of nitrogens with zero attached hydrogens (tertiary/aromatic N) is 3. The molecule has 0 saturated carbocycles. The van der Waals surface area contributed by atoms with Crippen molar-refractivity contribution >= 4 is 17.4 Å². The number of nitrogens with one attached hydrogen (secondary N) is 2. The Hall–Kier alpha value is -3.25. The van der Waals surface area contributed by atoms with Crippen molar-refractivity contribution < 1.29 is 4.79 Å². The Kier molecular flexibility index (Phi) is 7.68. The molecule has 4 rings (SSSR count). The van der Waals surface area contributed by atoms with E-state index >= 15 is 0 Å². The fraction of sp³-hybridized carbons (Fsp3) is 0.370. The molecule has 0 spiro atoms. The largest absolute Gasteiger partial charge is 0.352 e. The molecule has 6 nitrogen and oxygen atoms in total. The Labute approximate surface area is 196 Å². The van der Waals surface area contributed by atoms with Crippen molar-refractivity contribution in [2.24, 2.45) is 0 Å². The predicted octanol–water partition coefficient (Wildman–Crippen LogP) is 5.19. The SMILES string of the molecule is Cc1ccc(-c2nccc(Nc3cccc(C(=O)NCCCN4CCCC[C@@H]4C)c3)n2)cc1. The van der Waals surface area contributed by atoms with Crippen LogP contribution in [0.5, 0.6) is 0 Å². The van der Waals surface area contributed by atoms with Crippen molar-refractivity contribution in [3.8, 4) is 11.4 Å². The summed E-state index contributed by atoms with van der Waals surface area (Å²) in [7, 11) is 0. The van der Waals surface area contributed by atoms with E-state index in [1.807, 2.05) is 54.6 Å². The highest BCUT2D eigenvalue weighted by molar-refractivity contribution is 5.95. The van der Waals surface area contributed by atoms with E-state index in [0.29, 0.717) is 29.8 Å². The third-order valence-corrected chi connectivity index (χ3v) is 6.21. The fourth-order valence-corrected chi connectivity index (χ4v) is 4.23. The zero-order valence-electron chi connectivity index (χ0n) is 19.6. The van der Waals surface area contributed by atoms with Crippen molar-refractivity contribution in [2.75, 3.05) is 25.0 Å². The van der Waals surface area contributed by atoms with E-state index < -0.39 is 0 Å². The number of carbonyl (C=O) groups excluding carboxylic acids is 1. The molecular weight excluding hydrogens is 410 g/mol. The first-order valence-electron chi connectivity index (χ1n) is 11.9. The van der Waals surface area contributed by atoms with Gasteiger partial charge in [0.05, 0.1) is 0 Å². The molecule has 6 heteroatoms. The first-order valence-corrected chi connectivity index (χ1v) is 11.9. The molecule has 1 amide bonds. The van der Waals surface area contributed by atoms with E-state index in [1.54, 1.807) is 6.20 Å². The van der Waals surface area contributed by atoms with Crippen LogP contribution >= 0.6 is 0 Å². The van der Waals surface area contributed by atoms with Crippen molar-refractivity contribution in [3.05, 3.63) is 71.9 Å². The smallest absolute Gasteiger partial charge is 0.251 e. The first-order chi connectivity index (χ1) is 16.1. The number of benzene rings is 2. The molecule has 1 aliphatic rings. The summed E-state index contributed by atoms with van der Waals surface area (Å²) < 4.78 is 0. The van der Waals surface area contributed by atoms with Gasteiger partial charge in [0.15, 0.2) is 5.82 Å². The highest BCUT2D eigenvalue weighted by Crippen LogP contribution is 2.20. The van der Waals surface area contributed by atoms with Crippen LogP contribution in [0.3, 0.4) is 0 Å². The van der Waals surface area contributed by atoms with Gasteiger partial charge in [-0.2, -0.15) is 0 Å². The molecule has 2 heterocycles. The number of hydrogen-bond acceptors (Lipinski definition) is 5. The number of aryl methyl sites for hydroxylation is 1. The molecule has 172 valence electrons. The topological polar surface area (TPSA) is 70.2 Å². The Morgan fingerprint density at radius 2 is 1.97 bits per heavy atom. The average molecular weight is 444 g/mol. The molecule has 2 aromatic carbocycles. The molecule has 1 fully saturated rings. The standard InChI is InChI=1S/C27H33N5O/c1-20-10-12-22(13-11-20)26-28-16-14-25(31-26)30-24-9-5-8-23(19-24)27(33)29-15-6-18-32-17-4-3-7-21(32)2/h5,8-14,16,19,21H,3-4,6-7,15,17-18H2,1-2H3,(H,29,33)(H,28,30,31)/t21-/m0/s1. The maximum atomic E-state index is 12.7. The Balaban J connectivity index is 1.32. The quantitative estimate of drug-likeness (QED) is 0.469. The molecule has 3 aromatic rings. The number of rotatable bonds is 8. The minimum atomic E-state index is -0.0478. The molecule has 1 atom stereocenters. The van der Waals surface area contributed by atoms with Crippen molar-refractivity contribution in [3.63, 3.8) is 0 Å². The third-order valence-electron chi connectivity index (χ3n) is 6.21. The molecule has 1 saturated heterocycles. The van der Waals surface area contributed by atoms with E-state index in [4.69, 9.17) is 0 Å². The maximum absolute atomic E-state index is 12.7. The lowest BCUT2D eigenvalue weighted by Gasteiger charge is -2.33. The minimum Gasteiger partial charge on any atom is -0.352 e. The minimum absolute atomic E-state index is 0.0478. The van der Waals surface area contributed by atoms with E-state index in [-0.39, 0.29) is 5.91 Å². The van der Waals surface area contributed by atoms with Crippen LogP contribution in [0.25, 0.3) is 11.4 Å². The summed E-state index contributed by atoms with van der Waals surface area (Å²) in [4.78, 5) is 24.2. The fourth-order valence-electron chi connectivity index (χ4n) is 4.23. The van der Waals surface area contributed by atoms with Crippen LogP contribution in [0, 0.1) is 6.92 Å². The van der Waals surface area contributed by atoms with Gasteiger partial charge in [0, 0.05) is 42.1 Å². The van der Waals surface area contributed by atoms with Crippen molar-refractivity contribution in [2.45, 2.75) is 45.6 Å². The number of carbonyl (C=O) groups is 1. The lowest BCUT2D eigenvalue weighted by Crippen LogP contribution is -2.39. The summed E-state index contributed by atoms with van der Waals surface area (Å²) in [6.45, 7) is 7.27. The molecule has 0 unspecified atom stereocenters. The monoisotopic (exact) mass is 443 g/mol. The van der Waals surface area contributed by atoms with Gasteiger partial charge >= 0.3 is 0 Å². The second-order valence-corrected chi connectivity index (χ2v) is 8.83. The number of hydrogen-bond donors (Lipinski definition) is 2. The summed E-state index contributed by atoms with van der Waals surface area (Å²) >= 11 is 0. The zero-order valence-corrected chi connectivity index (χ0v) is 19.6. The molecule has 0 aliphatic carbocycles. The average Bonchev–Trinajstić information content (AvgIpc) is 2.83. The summed E-state index contributed by atoms with van der Waals surface area (Å²) in [5.41, 5.74) is 3.62. The second-order valence-electron chi connectivity index (χ2n) is 8.83. The van der Waals surface area contributed by atoms with Gasteiger partial charge in [-0.25, -0.2) is 9.97 Å². The first kappa shape index (κ1) is 22.9. The normalized spacial score (nSPS) is 16.4. The van der Waals surface area contributed by atoms with E-state index in [9.17, 15) is 4.79 Å². The molecular formula is C27H33N5O. The van der Waals surface area contributed by atoms with E-state index in [2.05, 4.69) is 39.3 Å². The summed E-state index contributed by atoms with van der Waals surface area (Å²) in [5.74, 6) is 1.30. The van der Waals surface area contributed by atoms with Crippen LogP contribution in [0.15, 0.2) is 60.8 Å². The van der Waals surface area contributed by atoms with Crippen LogP contribution in [0.2, 0.25) is 0 Å². The Bertz CT molecular complexity index is 1070. The van der Waals surface area contributed by atoms with Crippen LogP contribution in [0.1, 0.15) is 48.5 Å². The number of piperidine rings is 1. The maximum Gasteiger partial charge on any atom is 0.251 e. The number of aromatic nitrogens is 2. The Morgan fingerprint density at radius 3 is 2.79 bits per heavy atom. The molecule has 1 aromatic heterocycles. The predicted molar refractivity (Wildman–Crippen MR) is 134 cm³/mol. The van der Waals surface area contributed by atoms with Crippen LogP contribution in [-0.4, -0.2) is 46.5 Å². The second kappa shape index (κ2) is 11.1. The van der Waals surface area contributed by atoms with Gasteiger partial charge in [0.2, 0.25) is 0 Å². The highest BCUT2D eigenvalue weighted by Gasteiger charge is 2.17. The van der Waals surface area contributed by atoms with Gasteiger partial charge in [-0.05, 0) is 63.9 Å². The van der Waals surface area contributed by atoms with Gasteiger partial charge < -0.3 is 15.5 Å². The van der Waals surface area contributed by atoms with Crippen molar-refractivity contribution in [1.29, 1.82) is 0 Å². The molecule has 2 N–H and O–H groups in total. The number of amides is 1. The van der Waals surface area contributed by atoms with Gasteiger partial charge in [0.25, 0.3) is 5.91 Å². The lowest BCUT2D eigenvalue weighted by atomic mass is 10.0. The highest BCUT2D eigenvalue weighted by atomic mass is 16.1. The van der Waals surface area contributed by atoms with Crippen LogP contribution in [0.4, 0.5) is 11.5 Å². The molecule has 33 heavy (non-hydrogen) atoms. The molecule has 0 radical (unpaired) electrons. The van der Waals surface area contributed by atoms with Gasteiger partial charge in [-0.15, -0.1) is 0 Å². The zero-order chi connectivity index (χ0) is 23.0. The van der Waals surface area contributed by atoms with Gasteiger partial charge in [-0.1, -0.05) is 42.3 Å². The third kappa shape index (κ3) is 6.39. The molecule has 0 bridgehead atoms. The van der Waals surface area contributed by atoms with Crippen LogP contribution < -0.4 is 10.6 Å². The number of likely N-dealkylation sites (tertiary alicyclic amines) is 1. The Morgan fingerprint density at radius 1 is 1.12 bits per heavy atom. The number of anilines is 2. The van der Waals surface area contributed by atoms with Gasteiger partial charge in [0.1, 0.15) is 5.82 Å². The summed E-state index contributed by atoms with van der Waals surface area (Å²) in [6.07, 6.45) is 6.61. The molecule has 1 aliphatic heterocycles. The van der Waals surface area contributed by atoms with Crippen LogP contribution in [-0.2, 0) is 0 Å². The lowest BCUT2D eigenvalue weighted by molar-refractivity contribution is 0.0949. The van der Waals surface area contributed by atoms with Gasteiger partial charge in [-0.3, -0.25) is 4.79 Å². The summed E-state index contributed by atoms with van der Waals surface area (Å²) in [5, 5.41) is 6.36.